The van der Waals surface area contributed by atoms with Gasteiger partial charge in [0.15, 0.2) is 0 Å². The van der Waals surface area contributed by atoms with Crippen LogP contribution in [0.2, 0.25) is 0 Å². The molecule has 0 aliphatic heterocycles. The molecule has 1 atom stereocenters. The third-order valence-corrected chi connectivity index (χ3v) is 3.48. The summed E-state index contributed by atoms with van der Waals surface area (Å²) in [6.45, 7) is 6.53. The van der Waals surface area contributed by atoms with Gasteiger partial charge in [-0.25, -0.2) is 0 Å². The number of nitrogens with two attached hydrogens (primary N) is 1. The third-order valence-electron chi connectivity index (χ3n) is 3.48. The van der Waals surface area contributed by atoms with E-state index >= 15 is 0 Å². The van der Waals surface area contributed by atoms with Gasteiger partial charge < -0.3 is 5.73 Å². The van der Waals surface area contributed by atoms with Crippen molar-refractivity contribution in [3.8, 4) is 0 Å². The fourth-order valence-electron chi connectivity index (χ4n) is 2.72. The zero-order valence-electron chi connectivity index (χ0n) is 10.7. The Labute approximate surface area is 99.0 Å². The number of benzene rings is 1. The molecule has 1 heteroatoms. The molecule has 1 aliphatic rings. The van der Waals surface area contributed by atoms with Crippen molar-refractivity contribution in [2.45, 2.75) is 57.9 Å². The summed E-state index contributed by atoms with van der Waals surface area (Å²) in [5, 5.41) is 0. The molecule has 2 N–H and O–H groups in total. The van der Waals surface area contributed by atoms with Crippen molar-refractivity contribution in [3.63, 3.8) is 0 Å². The molecule has 0 spiro atoms. The standard InChI is InChI=1S/C15H23N/c1-11-5-4-6-13-8-7-12(9-14(11)13)10-15(2,3)16/h7-9,11H,4-6,10,16H2,1-3H3. The Kier molecular flexibility index (Phi) is 3.07. The van der Waals surface area contributed by atoms with Gasteiger partial charge in [-0.15, -0.1) is 0 Å². The van der Waals surface area contributed by atoms with Crippen molar-refractivity contribution in [2.24, 2.45) is 5.73 Å². The van der Waals surface area contributed by atoms with Gasteiger partial charge in [-0.3, -0.25) is 0 Å². The molecule has 0 fully saturated rings. The lowest BCUT2D eigenvalue weighted by Crippen LogP contribution is -2.34. The van der Waals surface area contributed by atoms with Crippen LogP contribution in [0.25, 0.3) is 0 Å². The van der Waals surface area contributed by atoms with E-state index in [9.17, 15) is 0 Å². The van der Waals surface area contributed by atoms with E-state index < -0.39 is 0 Å². The first kappa shape index (κ1) is 11.7. The van der Waals surface area contributed by atoms with Gasteiger partial charge in [0.2, 0.25) is 0 Å². The summed E-state index contributed by atoms with van der Waals surface area (Å²) in [7, 11) is 0. The van der Waals surface area contributed by atoms with Crippen LogP contribution in [0, 0.1) is 0 Å². The molecule has 1 aromatic rings. The van der Waals surface area contributed by atoms with Crippen molar-refractivity contribution in [2.75, 3.05) is 0 Å². The van der Waals surface area contributed by atoms with E-state index in [0.29, 0.717) is 0 Å². The molecule has 1 aromatic carbocycles. The smallest absolute Gasteiger partial charge is 0.0138 e. The van der Waals surface area contributed by atoms with Crippen LogP contribution in [0.4, 0.5) is 0 Å². The van der Waals surface area contributed by atoms with Crippen molar-refractivity contribution >= 4 is 0 Å². The van der Waals surface area contributed by atoms with Crippen LogP contribution in [0.5, 0.6) is 0 Å². The van der Waals surface area contributed by atoms with Gasteiger partial charge in [0.25, 0.3) is 0 Å². The molecule has 0 saturated heterocycles. The summed E-state index contributed by atoms with van der Waals surface area (Å²) in [4.78, 5) is 0. The second kappa shape index (κ2) is 4.21. The predicted octanol–water partition coefficient (Wildman–Crippen LogP) is 3.41. The Hall–Kier alpha value is -0.820. The predicted molar refractivity (Wildman–Crippen MR) is 69.8 cm³/mol. The first-order valence-corrected chi connectivity index (χ1v) is 6.36. The highest BCUT2D eigenvalue weighted by Gasteiger charge is 2.18. The Balaban J connectivity index is 2.27. The van der Waals surface area contributed by atoms with Gasteiger partial charge in [-0.05, 0) is 62.1 Å². The zero-order valence-corrected chi connectivity index (χ0v) is 10.7. The van der Waals surface area contributed by atoms with Crippen molar-refractivity contribution < 1.29 is 0 Å². The van der Waals surface area contributed by atoms with Gasteiger partial charge in [0.05, 0.1) is 0 Å². The highest BCUT2D eigenvalue weighted by Crippen LogP contribution is 2.32. The van der Waals surface area contributed by atoms with Crippen LogP contribution in [-0.4, -0.2) is 5.54 Å². The maximum atomic E-state index is 6.08. The number of hydrogen-bond acceptors (Lipinski definition) is 1. The first-order chi connectivity index (χ1) is 7.46. The third kappa shape index (κ3) is 2.65. The summed E-state index contributed by atoms with van der Waals surface area (Å²) in [5.74, 6) is 0.726. The maximum absolute atomic E-state index is 6.08. The molecular formula is C15H23N. The lowest BCUT2D eigenvalue weighted by Gasteiger charge is -2.25. The molecule has 1 nitrogen and oxygen atoms in total. The topological polar surface area (TPSA) is 26.0 Å². The largest absolute Gasteiger partial charge is 0.325 e. The molecule has 0 heterocycles. The quantitative estimate of drug-likeness (QED) is 0.807. The molecule has 1 aliphatic carbocycles. The fourth-order valence-corrected chi connectivity index (χ4v) is 2.72. The molecule has 16 heavy (non-hydrogen) atoms. The molecule has 88 valence electrons. The number of fused-ring (bicyclic) bond motifs is 1. The number of hydrogen-bond donors (Lipinski definition) is 1. The Morgan fingerprint density at radius 2 is 2.12 bits per heavy atom. The molecule has 0 radical (unpaired) electrons. The van der Waals surface area contributed by atoms with E-state index in [0.717, 1.165) is 12.3 Å². The molecule has 1 unspecified atom stereocenters. The van der Waals surface area contributed by atoms with E-state index in [2.05, 4.69) is 39.0 Å². The van der Waals surface area contributed by atoms with Gasteiger partial charge in [-0.2, -0.15) is 0 Å². The summed E-state index contributed by atoms with van der Waals surface area (Å²) in [6.07, 6.45) is 4.90. The average molecular weight is 217 g/mol. The Morgan fingerprint density at radius 3 is 2.81 bits per heavy atom. The van der Waals surface area contributed by atoms with E-state index in [-0.39, 0.29) is 5.54 Å². The van der Waals surface area contributed by atoms with Gasteiger partial charge in [0.1, 0.15) is 0 Å². The number of rotatable bonds is 2. The molecule has 2 rings (SSSR count). The molecule has 0 bridgehead atoms. The summed E-state index contributed by atoms with van der Waals surface area (Å²) in [6, 6.07) is 6.95. The van der Waals surface area contributed by atoms with E-state index in [4.69, 9.17) is 5.73 Å². The second-order valence-electron chi connectivity index (χ2n) is 5.99. The zero-order chi connectivity index (χ0) is 11.8. The van der Waals surface area contributed by atoms with Crippen LogP contribution in [0.1, 0.15) is 56.2 Å². The summed E-state index contributed by atoms with van der Waals surface area (Å²) in [5.41, 5.74) is 10.5. The maximum Gasteiger partial charge on any atom is 0.0138 e. The second-order valence-corrected chi connectivity index (χ2v) is 5.99. The lowest BCUT2D eigenvalue weighted by molar-refractivity contribution is 0.515. The molecule has 0 amide bonds. The highest BCUT2D eigenvalue weighted by atomic mass is 14.7. The van der Waals surface area contributed by atoms with Gasteiger partial charge >= 0.3 is 0 Å². The summed E-state index contributed by atoms with van der Waals surface area (Å²) >= 11 is 0. The minimum absolute atomic E-state index is 0.105. The highest BCUT2D eigenvalue weighted by molar-refractivity contribution is 5.36. The normalized spacial score (nSPS) is 20.6. The average Bonchev–Trinajstić information content (AvgIpc) is 2.17. The van der Waals surface area contributed by atoms with Crippen LogP contribution in [0.15, 0.2) is 18.2 Å². The monoisotopic (exact) mass is 217 g/mol. The summed E-state index contributed by atoms with van der Waals surface area (Å²) < 4.78 is 0. The SMILES string of the molecule is CC1CCCc2ccc(CC(C)(C)N)cc21. The van der Waals surface area contributed by atoms with Crippen LogP contribution in [-0.2, 0) is 12.8 Å². The van der Waals surface area contributed by atoms with Crippen LogP contribution < -0.4 is 5.73 Å². The van der Waals surface area contributed by atoms with Gasteiger partial charge in [-0.1, -0.05) is 25.1 Å². The molecule has 0 aromatic heterocycles. The minimum Gasteiger partial charge on any atom is -0.325 e. The molecular weight excluding hydrogens is 194 g/mol. The van der Waals surface area contributed by atoms with E-state index in [1.807, 2.05) is 0 Å². The van der Waals surface area contributed by atoms with E-state index in [1.54, 1.807) is 11.1 Å². The minimum atomic E-state index is -0.105. The van der Waals surface area contributed by atoms with Crippen molar-refractivity contribution in [3.05, 3.63) is 34.9 Å². The number of aryl methyl sites for hydroxylation is 1. The Morgan fingerprint density at radius 1 is 1.38 bits per heavy atom. The Bertz CT molecular complexity index is 374. The van der Waals surface area contributed by atoms with Crippen LogP contribution >= 0.6 is 0 Å². The van der Waals surface area contributed by atoms with Crippen molar-refractivity contribution in [1.29, 1.82) is 0 Å². The first-order valence-electron chi connectivity index (χ1n) is 6.36. The van der Waals surface area contributed by atoms with Crippen LogP contribution in [0.3, 0.4) is 0 Å². The van der Waals surface area contributed by atoms with E-state index in [1.165, 1.54) is 24.8 Å². The van der Waals surface area contributed by atoms with Gasteiger partial charge in [0, 0.05) is 5.54 Å². The molecule has 0 saturated carbocycles. The van der Waals surface area contributed by atoms with Crippen molar-refractivity contribution in [1.82, 2.24) is 0 Å². The fraction of sp³-hybridized carbons (Fsp3) is 0.600. The lowest BCUT2D eigenvalue weighted by atomic mass is 9.82.